The predicted molar refractivity (Wildman–Crippen MR) is 93.3 cm³/mol. The summed E-state index contributed by atoms with van der Waals surface area (Å²) >= 11 is 0. The fraction of sp³-hybridized carbons (Fsp3) is 0.929. The lowest BCUT2D eigenvalue weighted by atomic mass is 10.1. The van der Waals surface area contributed by atoms with Gasteiger partial charge in [-0.2, -0.15) is 0 Å². The van der Waals surface area contributed by atoms with Crippen LogP contribution < -0.4 is 0 Å². The van der Waals surface area contributed by atoms with Crippen LogP contribution in [-0.2, 0) is 23.4 Å². The normalized spacial score (nSPS) is 14.6. The van der Waals surface area contributed by atoms with Crippen molar-refractivity contribution < 1.29 is 35.5 Å². The summed E-state index contributed by atoms with van der Waals surface area (Å²) in [6.45, 7) is 3.07. The van der Waals surface area contributed by atoms with Crippen LogP contribution in [0.25, 0.3) is 0 Å². The Labute approximate surface area is 146 Å². The van der Waals surface area contributed by atoms with E-state index in [-0.39, 0.29) is 11.7 Å². The third-order valence-electron chi connectivity index (χ3n) is 4.19. The maximum atomic E-state index is 10.7. The molecule has 0 bridgehead atoms. The highest BCUT2D eigenvalue weighted by molar-refractivity contribution is 7.85. The molecule has 1 atom stereocenters. The molecule has 0 saturated carbocycles. The average Bonchev–Trinajstić information content (AvgIpc) is 2.48. The highest BCUT2D eigenvalue weighted by Crippen LogP contribution is 2.21. The molecule has 0 saturated heterocycles. The second-order valence-electron chi connectivity index (χ2n) is 6.64. The molecule has 0 fully saturated rings. The molecule has 8 nitrogen and oxygen atoms in total. The van der Waals surface area contributed by atoms with E-state index in [1.807, 2.05) is 21.0 Å². The Hall–Kier alpha value is -0.363. The Kier molecular flexibility index (Phi) is 9.80. The molecule has 0 aliphatic rings. The minimum Gasteiger partial charge on any atom is -0.748 e. The standard InChI is InChI=1S/C14H31NO7SSi/c1-13(12-24(20-4,21-5)22-6)14(16)8-10-15(2,3)9-7-11-23(17,18)19/h13H,7-12H2,1-6H3/p+1. The van der Waals surface area contributed by atoms with Crippen LogP contribution in [-0.4, -0.2) is 91.1 Å². The molecular formula is C14H32NO7SSi+. The number of hydrogen-bond acceptors (Lipinski definition) is 6. The van der Waals surface area contributed by atoms with Gasteiger partial charge < -0.3 is 22.3 Å². The molecule has 0 rings (SSSR count). The average molecular weight is 387 g/mol. The van der Waals surface area contributed by atoms with Crippen molar-refractivity contribution in [3.8, 4) is 0 Å². The summed E-state index contributed by atoms with van der Waals surface area (Å²) in [7, 11) is 1.56. The molecule has 144 valence electrons. The first-order chi connectivity index (χ1) is 10.9. The van der Waals surface area contributed by atoms with Gasteiger partial charge in [0.1, 0.15) is 6.42 Å². The molecule has 0 aromatic carbocycles. The van der Waals surface area contributed by atoms with E-state index in [1.165, 1.54) is 21.3 Å². The number of ketones is 1. The Bertz CT molecular complexity index is 483. The van der Waals surface area contributed by atoms with Crippen LogP contribution in [0, 0.1) is 5.92 Å². The third kappa shape index (κ3) is 9.21. The van der Waals surface area contributed by atoms with Crippen LogP contribution in [0.1, 0.15) is 19.8 Å². The lowest BCUT2D eigenvalue weighted by Gasteiger charge is -2.30. The van der Waals surface area contributed by atoms with Crippen LogP contribution in [0.5, 0.6) is 0 Å². The van der Waals surface area contributed by atoms with Crippen molar-refractivity contribution in [2.45, 2.75) is 25.8 Å². The van der Waals surface area contributed by atoms with Crippen molar-refractivity contribution >= 4 is 24.7 Å². The summed E-state index contributed by atoms with van der Waals surface area (Å²) < 4.78 is 48.6. The van der Waals surface area contributed by atoms with Crippen molar-refractivity contribution in [2.75, 3.05) is 54.3 Å². The van der Waals surface area contributed by atoms with Crippen molar-refractivity contribution in [1.29, 1.82) is 0 Å². The number of hydrogen-bond donors (Lipinski definition) is 0. The zero-order valence-corrected chi connectivity index (χ0v) is 17.4. The van der Waals surface area contributed by atoms with Gasteiger partial charge in [-0.05, 0) is 0 Å². The van der Waals surface area contributed by atoms with Crippen LogP contribution in [0.15, 0.2) is 0 Å². The zero-order chi connectivity index (χ0) is 19.0. The van der Waals surface area contributed by atoms with E-state index in [0.717, 1.165) is 0 Å². The van der Waals surface area contributed by atoms with Gasteiger partial charge in [-0.25, -0.2) is 8.42 Å². The number of quaternary nitrogens is 1. The van der Waals surface area contributed by atoms with Gasteiger partial charge in [0.2, 0.25) is 0 Å². The van der Waals surface area contributed by atoms with E-state index in [1.54, 1.807) is 0 Å². The van der Waals surface area contributed by atoms with E-state index in [2.05, 4.69) is 0 Å². The fourth-order valence-electron chi connectivity index (χ4n) is 2.44. The summed E-state index contributed by atoms with van der Waals surface area (Å²) in [6.07, 6.45) is 0.780. The SMILES string of the molecule is CO[Si](CC(C)C(=[OH+])CC[N+](C)(C)CCCS(=O)(=O)[O-])(OC)OC. The van der Waals surface area contributed by atoms with Gasteiger partial charge in [0.25, 0.3) is 0 Å². The van der Waals surface area contributed by atoms with Crippen LogP contribution in [0.3, 0.4) is 0 Å². The molecule has 1 unspecified atom stereocenters. The first kappa shape index (κ1) is 23.6. The quantitative estimate of drug-likeness (QED) is 0.197. The second-order valence-corrected chi connectivity index (χ2v) is 11.2. The van der Waals surface area contributed by atoms with Crippen LogP contribution in [0.2, 0.25) is 6.04 Å². The van der Waals surface area contributed by atoms with Gasteiger partial charge in [-0.3, -0.25) is 4.79 Å². The molecule has 0 amide bonds. The lowest BCUT2D eigenvalue weighted by molar-refractivity contribution is -0.889. The van der Waals surface area contributed by atoms with Crippen molar-refractivity contribution in [3.63, 3.8) is 0 Å². The zero-order valence-electron chi connectivity index (χ0n) is 15.6. The molecule has 24 heavy (non-hydrogen) atoms. The molecule has 0 heterocycles. The number of nitrogens with zero attached hydrogens (tertiary/aromatic N) is 1. The minimum absolute atomic E-state index is 0.140. The summed E-state index contributed by atoms with van der Waals surface area (Å²) in [5.74, 6) is -0.163. The molecule has 0 aliphatic carbocycles. The highest BCUT2D eigenvalue weighted by Gasteiger charge is 2.42. The topological polar surface area (TPSA) is 106 Å². The van der Waals surface area contributed by atoms with Crippen molar-refractivity contribution in [3.05, 3.63) is 0 Å². The minimum atomic E-state index is -4.17. The largest absolute Gasteiger partial charge is 0.748 e. The van der Waals surface area contributed by atoms with E-state index in [0.29, 0.717) is 42.2 Å². The fourth-order valence-corrected chi connectivity index (χ4v) is 4.91. The first-order valence-electron chi connectivity index (χ1n) is 7.86. The Balaban J connectivity index is 4.45. The molecule has 0 aliphatic heterocycles. The lowest BCUT2D eigenvalue weighted by Crippen LogP contribution is -2.46. The molecule has 1 N–H and O–H groups in total. The predicted octanol–water partition coefficient (Wildman–Crippen LogP) is 0.447. The monoisotopic (exact) mass is 386 g/mol. The maximum absolute atomic E-state index is 10.7. The Morgan fingerprint density at radius 2 is 1.67 bits per heavy atom. The van der Waals surface area contributed by atoms with Crippen LogP contribution in [0.4, 0.5) is 0 Å². The molecule has 10 heteroatoms. The molecule has 0 radical (unpaired) electrons. The number of rotatable bonds is 13. The van der Waals surface area contributed by atoms with E-state index >= 15 is 0 Å². The summed E-state index contributed by atoms with van der Waals surface area (Å²) in [5, 5.41) is 0. The molecule has 0 aromatic rings. The van der Waals surface area contributed by atoms with E-state index in [4.69, 9.17) is 13.3 Å². The smallest absolute Gasteiger partial charge is 0.501 e. The molecule has 0 spiro atoms. The van der Waals surface area contributed by atoms with Gasteiger partial charge in [-0.1, -0.05) is 6.92 Å². The van der Waals surface area contributed by atoms with E-state index < -0.39 is 18.9 Å². The van der Waals surface area contributed by atoms with E-state index in [9.17, 15) is 17.8 Å². The summed E-state index contributed by atoms with van der Waals surface area (Å²) in [4.78, 5) is 10.3. The first-order valence-corrected chi connectivity index (χ1v) is 11.4. The van der Waals surface area contributed by atoms with Crippen molar-refractivity contribution in [2.24, 2.45) is 5.92 Å². The van der Waals surface area contributed by atoms with Gasteiger partial charge in [0.15, 0.2) is 0 Å². The molecular weight excluding hydrogens is 354 g/mol. The van der Waals surface area contributed by atoms with Crippen molar-refractivity contribution in [1.82, 2.24) is 0 Å². The maximum Gasteiger partial charge on any atom is 0.501 e. The highest BCUT2D eigenvalue weighted by atomic mass is 32.2. The Morgan fingerprint density at radius 1 is 1.17 bits per heavy atom. The summed E-state index contributed by atoms with van der Waals surface area (Å²) in [6, 6.07) is 0.476. The Morgan fingerprint density at radius 3 is 2.08 bits per heavy atom. The van der Waals surface area contributed by atoms with Gasteiger partial charge >= 0.3 is 14.6 Å². The summed E-state index contributed by atoms with van der Waals surface area (Å²) in [5.41, 5.74) is 0. The second kappa shape index (κ2) is 9.95. The third-order valence-corrected chi connectivity index (χ3v) is 7.96. The van der Waals surface area contributed by atoms with Gasteiger partial charge in [0.05, 0.1) is 43.2 Å². The number of carbonyl (C=O) groups excluding carboxylic acids is 1. The van der Waals surface area contributed by atoms with Gasteiger partial charge in [0, 0.05) is 39.5 Å². The molecule has 0 aromatic heterocycles. The van der Waals surface area contributed by atoms with Crippen LogP contribution >= 0.6 is 0 Å². The van der Waals surface area contributed by atoms with Gasteiger partial charge in [-0.15, -0.1) is 0 Å².